The zero-order chi connectivity index (χ0) is 21.5. The van der Waals surface area contributed by atoms with Crippen molar-refractivity contribution >= 4 is 18.2 Å². The van der Waals surface area contributed by atoms with Crippen molar-refractivity contribution in [3.63, 3.8) is 0 Å². The Balaban J connectivity index is 0.000000749. The molecular formula is C20H40N6O3. The van der Waals surface area contributed by atoms with Crippen molar-refractivity contribution in [3.8, 4) is 0 Å². The lowest BCUT2D eigenvalue weighted by molar-refractivity contribution is -0.148. The van der Waals surface area contributed by atoms with Crippen LogP contribution in [0.3, 0.4) is 0 Å². The molecule has 0 aromatic heterocycles. The first kappa shape index (κ1) is 25.2. The van der Waals surface area contributed by atoms with Crippen LogP contribution in [0.4, 0.5) is 0 Å². The number of rotatable bonds is 10. The van der Waals surface area contributed by atoms with Crippen LogP contribution in [0, 0.1) is 17.8 Å². The number of carbonyl (C=O) groups excluding carboxylic acids is 2. The van der Waals surface area contributed by atoms with Gasteiger partial charge in [0.1, 0.15) is 11.9 Å². The second-order valence-corrected chi connectivity index (χ2v) is 7.86. The van der Waals surface area contributed by atoms with Gasteiger partial charge in [0.2, 0.25) is 6.41 Å². The average molecular weight is 413 g/mol. The maximum Gasteiger partial charge on any atom is 0.323 e. The van der Waals surface area contributed by atoms with E-state index in [4.69, 9.17) is 16.3 Å². The van der Waals surface area contributed by atoms with Crippen molar-refractivity contribution < 1.29 is 14.3 Å². The highest BCUT2D eigenvalue weighted by Gasteiger charge is 2.38. The van der Waals surface area contributed by atoms with Gasteiger partial charge in [-0.3, -0.25) is 9.59 Å². The maximum atomic E-state index is 12.2. The number of piperidine rings is 1. The smallest absolute Gasteiger partial charge is 0.323 e. The zero-order valence-electron chi connectivity index (χ0n) is 18.0. The molecule has 1 aliphatic carbocycles. The van der Waals surface area contributed by atoms with Crippen molar-refractivity contribution in [2.75, 3.05) is 19.7 Å². The molecule has 0 bridgehead atoms. The minimum Gasteiger partial charge on any atom is -0.465 e. The van der Waals surface area contributed by atoms with Crippen molar-refractivity contribution in [1.82, 2.24) is 16.2 Å². The lowest BCUT2D eigenvalue weighted by Crippen LogP contribution is -2.50. The quantitative estimate of drug-likeness (QED) is 0.0684. The van der Waals surface area contributed by atoms with Crippen molar-refractivity contribution in [2.24, 2.45) is 34.4 Å². The van der Waals surface area contributed by atoms with Gasteiger partial charge < -0.3 is 21.1 Å². The fourth-order valence-corrected chi connectivity index (χ4v) is 4.09. The molecule has 2 rings (SSSR count). The number of hydrogen-bond donors (Lipinski definition) is 5. The molecule has 9 nitrogen and oxygen atoms in total. The Morgan fingerprint density at radius 3 is 2.69 bits per heavy atom. The number of nitrogens with two attached hydrogens (primary N) is 2. The average Bonchev–Trinajstić information content (AvgIpc) is 2.73. The van der Waals surface area contributed by atoms with Crippen LogP contribution in [0.15, 0.2) is 5.10 Å². The summed E-state index contributed by atoms with van der Waals surface area (Å²) in [6, 6.07) is -0.130. The van der Waals surface area contributed by atoms with Crippen LogP contribution in [-0.2, 0) is 14.3 Å². The van der Waals surface area contributed by atoms with E-state index in [1.165, 1.54) is 19.3 Å². The summed E-state index contributed by atoms with van der Waals surface area (Å²) < 4.78 is 5.38. The molecule has 0 aromatic carbocycles. The van der Waals surface area contributed by atoms with Crippen molar-refractivity contribution in [2.45, 2.75) is 71.3 Å². The van der Waals surface area contributed by atoms with Crippen LogP contribution in [0.25, 0.3) is 0 Å². The largest absolute Gasteiger partial charge is 0.465 e. The molecule has 4 atom stereocenters. The second-order valence-electron chi connectivity index (χ2n) is 7.86. The Labute approximate surface area is 174 Å². The van der Waals surface area contributed by atoms with E-state index in [1.54, 1.807) is 0 Å². The summed E-state index contributed by atoms with van der Waals surface area (Å²) in [4.78, 5) is 21.5. The molecule has 0 aromatic rings. The number of hydrazine groups is 1. The normalized spacial score (nSPS) is 26.4. The topological polar surface area (TPSA) is 144 Å². The SMILES string of the molecule is CCCCOC(=O)C1CC2CC(CC/C(N)=N/NN)CCC2CN1.CCNC=O. The van der Waals surface area contributed by atoms with E-state index in [9.17, 15) is 9.59 Å². The lowest BCUT2D eigenvalue weighted by atomic mass is 9.69. The molecule has 9 heteroatoms. The Morgan fingerprint density at radius 1 is 1.28 bits per heavy atom. The molecule has 29 heavy (non-hydrogen) atoms. The molecule has 168 valence electrons. The number of nitrogens with zero attached hydrogens (tertiary/aromatic N) is 1. The summed E-state index contributed by atoms with van der Waals surface area (Å²) in [7, 11) is 0. The summed E-state index contributed by atoms with van der Waals surface area (Å²) in [5.41, 5.74) is 8.03. The highest BCUT2D eigenvalue weighted by atomic mass is 16.5. The third-order valence-electron chi connectivity index (χ3n) is 5.74. The first-order valence-corrected chi connectivity index (χ1v) is 10.9. The Hall–Kier alpha value is -1.87. The summed E-state index contributed by atoms with van der Waals surface area (Å²) in [5.74, 6) is 7.59. The first-order valence-electron chi connectivity index (χ1n) is 10.9. The molecular weight excluding hydrogens is 372 g/mol. The van der Waals surface area contributed by atoms with Gasteiger partial charge in [0.25, 0.3) is 0 Å². The number of amides is 1. The predicted molar refractivity (Wildman–Crippen MR) is 115 cm³/mol. The molecule has 2 fully saturated rings. The minimum atomic E-state index is -0.130. The van der Waals surface area contributed by atoms with Crippen molar-refractivity contribution in [3.05, 3.63) is 0 Å². The molecule has 1 saturated heterocycles. The monoisotopic (exact) mass is 412 g/mol. The van der Waals surface area contributed by atoms with E-state index in [-0.39, 0.29) is 12.0 Å². The number of hydrazone groups is 1. The fourth-order valence-electron chi connectivity index (χ4n) is 4.09. The Bertz CT molecular complexity index is 503. The van der Waals surface area contributed by atoms with E-state index in [1.807, 2.05) is 6.92 Å². The third-order valence-corrected chi connectivity index (χ3v) is 5.74. The highest BCUT2D eigenvalue weighted by Crippen LogP contribution is 2.40. The molecule has 1 saturated carbocycles. The first-order chi connectivity index (χ1) is 14.0. The van der Waals surface area contributed by atoms with Gasteiger partial charge in [-0.25, -0.2) is 11.4 Å². The van der Waals surface area contributed by atoms with E-state index < -0.39 is 0 Å². The molecule has 2 aliphatic rings. The van der Waals surface area contributed by atoms with E-state index in [2.05, 4.69) is 28.2 Å². The van der Waals surface area contributed by atoms with E-state index >= 15 is 0 Å². The van der Waals surface area contributed by atoms with Crippen LogP contribution < -0.4 is 27.7 Å². The number of hydrogen-bond acceptors (Lipinski definition) is 7. The van der Waals surface area contributed by atoms with E-state index in [0.29, 0.717) is 36.6 Å². The van der Waals surface area contributed by atoms with Crippen molar-refractivity contribution in [1.29, 1.82) is 0 Å². The van der Waals surface area contributed by atoms with Gasteiger partial charge in [-0.05, 0) is 63.3 Å². The number of carbonyl (C=O) groups is 2. The third kappa shape index (κ3) is 9.94. The van der Waals surface area contributed by atoms with Gasteiger partial charge in [0.05, 0.1) is 6.61 Å². The molecule has 0 spiro atoms. The van der Waals surface area contributed by atoms with Crippen LogP contribution in [0.5, 0.6) is 0 Å². The summed E-state index contributed by atoms with van der Waals surface area (Å²) >= 11 is 0. The number of ether oxygens (including phenoxy) is 1. The van der Waals surface area contributed by atoms with Crippen LogP contribution in [0.2, 0.25) is 0 Å². The fraction of sp³-hybridized carbons (Fsp3) is 0.850. The highest BCUT2D eigenvalue weighted by molar-refractivity contribution is 5.79. The predicted octanol–water partition coefficient (Wildman–Crippen LogP) is 0.992. The Morgan fingerprint density at radius 2 is 2.07 bits per heavy atom. The molecule has 1 amide bonds. The number of fused-ring (bicyclic) bond motifs is 1. The zero-order valence-corrected chi connectivity index (χ0v) is 18.0. The number of esters is 1. The summed E-state index contributed by atoms with van der Waals surface area (Å²) in [5, 5.41) is 9.63. The standard InChI is InChI=1S/C17H33N5O2.C3H7NO/c1-2-3-8-24-17(23)15-10-14-9-12(4-6-13(14)11-20-15)5-7-16(18)21-22-19;1-2-4-3-5/h12-15,20,22H,2-11,19H2,1H3,(H2,18,21);3H,2H2,1H3,(H,4,5). The minimum absolute atomic E-state index is 0.0746. The number of amidine groups is 1. The van der Waals surface area contributed by atoms with Crippen LogP contribution >= 0.6 is 0 Å². The Kier molecular flexibility index (Phi) is 13.0. The van der Waals surface area contributed by atoms with Gasteiger partial charge in [-0.2, -0.15) is 5.10 Å². The van der Waals surface area contributed by atoms with Gasteiger partial charge in [-0.15, -0.1) is 0 Å². The molecule has 4 unspecified atom stereocenters. The number of unbranched alkanes of at least 4 members (excludes halogenated alkanes) is 1. The summed E-state index contributed by atoms with van der Waals surface area (Å²) in [6.07, 6.45) is 9.02. The van der Waals surface area contributed by atoms with Gasteiger partial charge >= 0.3 is 5.97 Å². The maximum absolute atomic E-state index is 12.2. The lowest BCUT2D eigenvalue weighted by Gasteiger charge is -2.42. The second kappa shape index (κ2) is 15.0. The molecule has 0 radical (unpaired) electrons. The molecule has 1 heterocycles. The molecule has 7 N–H and O–H groups in total. The van der Waals surface area contributed by atoms with Gasteiger partial charge in [0.15, 0.2) is 0 Å². The van der Waals surface area contributed by atoms with Crippen LogP contribution in [-0.4, -0.2) is 44.0 Å². The van der Waals surface area contributed by atoms with Gasteiger partial charge in [0, 0.05) is 13.0 Å². The number of nitrogens with one attached hydrogen (secondary N) is 3. The van der Waals surface area contributed by atoms with E-state index in [0.717, 1.165) is 45.2 Å². The van der Waals surface area contributed by atoms with Crippen LogP contribution in [0.1, 0.15) is 65.2 Å². The summed E-state index contributed by atoms with van der Waals surface area (Å²) in [6.45, 7) is 6.17. The van der Waals surface area contributed by atoms with Gasteiger partial charge in [-0.1, -0.05) is 19.8 Å². The molecule has 1 aliphatic heterocycles.